The third kappa shape index (κ3) is 4.65. The van der Waals surface area contributed by atoms with E-state index < -0.39 is 11.0 Å². The van der Waals surface area contributed by atoms with Crippen LogP contribution in [-0.2, 0) is 5.41 Å². The van der Waals surface area contributed by atoms with Crippen molar-refractivity contribution in [3.8, 4) is 11.5 Å². The molecule has 2 aromatic carbocycles. The molecule has 1 aliphatic carbocycles. The minimum absolute atomic E-state index is 0.0180. The van der Waals surface area contributed by atoms with Gasteiger partial charge in [-0.25, -0.2) is 4.79 Å². The number of carbonyl (C=O) groups excluding carboxylic acids is 1. The summed E-state index contributed by atoms with van der Waals surface area (Å²) in [6.07, 6.45) is 3.58. The van der Waals surface area contributed by atoms with Crippen molar-refractivity contribution in [1.29, 1.82) is 0 Å². The third-order valence-electron chi connectivity index (χ3n) is 7.88. The Hall–Kier alpha value is -3.33. The molecule has 35 heavy (non-hydrogen) atoms. The summed E-state index contributed by atoms with van der Waals surface area (Å²) in [7, 11) is 5.42. The first kappa shape index (κ1) is 24.8. The summed E-state index contributed by atoms with van der Waals surface area (Å²) in [5, 5.41) is 17.3. The number of urea groups is 1. The van der Waals surface area contributed by atoms with E-state index in [9.17, 15) is 14.9 Å². The molecule has 4 rings (SSSR count). The average molecular weight is 483 g/mol. The number of likely N-dealkylation sites (N-methyl/N-ethyl adjacent to an activating group) is 1. The maximum Gasteiger partial charge on any atom is 0.319 e. The zero-order valence-corrected chi connectivity index (χ0v) is 21.0. The number of likely N-dealkylation sites (tertiary alicyclic amines) is 1. The monoisotopic (exact) mass is 482 g/mol. The molecule has 0 aromatic heterocycles. The Labute approximate surface area is 205 Å². The Balaban J connectivity index is 1.50. The number of fused-ring (bicyclic) bond motifs is 1. The molecular formula is C26H34N4O5. The van der Waals surface area contributed by atoms with Gasteiger partial charge in [0.05, 0.1) is 19.1 Å². The predicted molar refractivity (Wildman–Crippen MR) is 135 cm³/mol. The van der Waals surface area contributed by atoms with Crippen molar-refractivity contribution in [1.82, 2.24) is 10.2 Å². The van der Waals surface area contributed by atoms with E-state index in [-0.39, 0.29) is 28.9 Å². The number of anilines is 1. The highest BCUT2D eigenvalue weighted by Gasteiger charge is 2.50. The minimum Gasteiger partial charge on any atom is -0.493 e. The number of nitrogens with zero attached hydrogens (tertiary/aromatic N) is 2. The molecule has 2 aliphatic rings. The quantitative estimate of drug-likeness (QED) is 0.462. The summed E-state index contributed by atoms with van der Waals surface area (Å²) < 4.78 is 11.0. The second-order valence-corrected chi connectivity index (χ2v) is 9.75. The first-order valence-corrected chi connectivity index (χ1v) is 11.9. The molecular weight excluding hydrogens is 448 g/mol. The molecule has 2 fully saturated rings. The van der Waals surface area contributed by atoms with Gasteiger partial charge < -0.3 is 25.0 Å². The summed E-state index contributed by atoms with van der Waals surface area (Å²) in [5.74, 6) is 1.44. The van der Waals surface area contributed by atoms with Gasteiger partial charge in [-0.2, -0.15) is 0 Å². The number of rotatable bonds is 6. The number of amides is 2. The molecule has 188 valence electrons. The second-order valence-electron chi connectivity index (χ2n) is 9.75. The van der Waals surface area contributed by atoms with E-state index in [1.807, 2.05) is 19.9 Å². The van der Waals surface area contributed by atoms with Crippen molar-refractivity contribution in [2.75, 3.05) is 33.1 Å². The molecule has 1 heterocycles. The lowest BCUT2D eigenvalue weighted by molar-refractivity contribution is -0.384. The number of nitro benzene ring substituents is 1. The second kappa shape index (κ2) is 9.73. The lowest BCUT2D eigenvalue weighted by atomic mass is 9.65. The van der Waals surface area contributed by atoms with Crippen molar-refractivity contribution >= 4 is 17.4 Å². The number of ether oxygens (including phenoxy) is 2. The number of nitro groups is 1. The lowest BCUT2D eigenvalue weighted by Crippen LogP contribution is -2.52. The highest BCUT2D eigenvalue weighted by molar-refractivity contribution is 5.92. The molecule has 0 unspecified atom stereocenters. The van der Waals surface area contributed by atoms with E-state index in [2.05, 4.69) is 34.7 Å². The molecule has 2 amide bonds. The van der Waals surface area contributed by atoms with E-state index in [0.29, 0.717) is 5.75 Å². The van der Waals surface area contributed by atoms with Gasteiger partial charge in [0.2, 0.25) is 0 Å². The molecule has 1 saturated carbocycles. The summed E-state index contributed by atoms with van der Waals surface area (Å²) >= 11 is 0. The van der Waals surface area contributed by atoms with Crippen LogP contribution in [0.5, 0.6) is 11.5 Å². The van der Waals surface area contributed by atoms with Gasteiger partial charge in [0.1, 0.15) is 5.69 Å². The predicted octanol–water partition coefficient (Wildman–Crippen LogP) is 4.54. The number of nitrogens with one attached hydrogen (secondary N) is 2. The van der Waals surface area contributed by atoms with Crippen molar-refractivity contribution < 1.29 is 19.2 Å². The van der Waals surface area contributed by atoms with Crippen LogP contribution in [0.15, 0.2) is 30.3 Å². The van der Waals surface area contributed by atoms with Crippen LogP contribution in [0.2, 0.25) is 0 Å². The zero-order valence-electron chi connectivity index (χ0n) is 21.0. The normalized spacial score (nSPS) is 23.9. The molecule has 9 heteroatoms. The van der Waals surface area contributed by atoms with Crippen LogP contribution in [0.3, 0.4) is 0 Å². The molecule has 3 atom stereocenters. The average Bonchev–Trinajstić information content (AvgIpc) is 3.17. The van der Waals surface area contributed by atoms with Gasteiger partial charge in [0.25, 0.3) is 5.69 Å². The van der Waals surface area contributed by atoms with E-state index in [4.69, 9.17) is 9.47 Å². The highest BCUT2D eigenvalue weighted by atomic mass is 16.6. The van der Waals surface area contributed by atoms with E-state index in [1.54, 1.807) is 20.3 Å². The van der Waals surface area contributed by atoms with Crippen LogP contribution < -0.4 is 20.1 Å². The van der Waals surface area contributed by atoms with Gasteiger partial charge in [0, 0.05) is 23.6 Å². The van der Waals surface area contributed by atoms with Crippen LogP contribution >= 0.6 is 0 Å². The Morgan fingerprint density at radius 2 is 1.83 bits per heavy atom. The first-order valence-electron chi connectivity index (χ1n) is 11.9. The number of benzene rings is 2. The Kier molecular flexibility index (Phi) is 6.89. The number of carbonyl (C=O) groups is 1. The van der Waals surface area contributed by atoms with Crippen LogP contribution in [0.4, 0.5) is 16.2 Å². The fourth-order valence-electron chi connectivity index (χ4n) is 5.79. The number of methoxy groups -OCH3 is 2. The fraction of sp³-hybridized carbons (Fsp3) is 0.500. The third-order valence-corrected chi connectivity index (χ3v) is 7.88. The topological polar surface area (TPSA) is 106 Å². The Bertz CT molecular complexity index is 1140. The molecule has 1 aliphatic heterocycles. The maximum absolute atomic E-state index is 12.8. The maximum atomic E-state index is 12.8. The Morgan fingerprint density at radius 3 is 2.51 bits per heavy atom. The van der Waals surface area contributed by atoms with Crippen molar-refractivity contribution in [3.63, 3.8) is 0 Å². The van der Waals surface area contributed by atoms with Gasteiger partial charge >= 0.3 is 6.03 Å². The van der Waals surface area contributed by atoms with Gasteiger partial charge in [-0.3, -0.25) is 10.1 Å². The van der Waals surface area contributed by atoms with E-state index in [1.165, 1.54) is 11.6 Å². The van der Waals surface area contributed by atoms with Crippen molar-refractivity contribution in [2.45, 2.75) is 57.0 Å². The standard InChI is InChI=1S/C26H34N4O5/c1-16-12-20(21(30(32)33)13-17(16)2)28-25(31)27-19-8-9-26(10-11-29(3)24(26)15-19)18-6-7-22(34-4)23(14-18)35-5/h6-7,12-14,19,24H,8-11,15H2,1-5H3,(H2,27,28,31)/t19-,24+,26+/m1/s1. The SMILES string of the molecule is COc1ccc([C@@]23CC[C@@H](NC(=O)Nc4cc(C)c(C)cc4[N+](=O)[O-])C[C@@H]2N(C)CC3)cc1OC. The van der Waals surface area contributed by atoms with Gasteiger partial charge in [-0.15, -0.1) is 0 Å². The van der Waals surface area contributed by atoms with Crippen LogP contribution in [-0.4, -0.2) is 55.8 Å². The summed E-state index contributed by atoms with van der Waals surface area (Å²) in [4.78, 5) is 26.2. The van der Waals surface area contributed by atoms with Crippen LogP contribution in [0.25, 0.3) is 0 Å². The summed E-state index contributed by atoms with van der Waals surface area (Å²) in [6.45, 7) is 4.66. The molecule has 2 N–H and O–H groups in total. The fourth-order valence-corrected chi connectivity index (χ4v) is 5.79. The van der Waals surface area contributed by atoms with Crippen molar-refractivity contribution in [2.24, 2.45) is 0 Å². The number of hydrogen-bond donors (Lipinski definition) is 2. The van der Waals surface area contributed by atoms with Gasteiger partial charge in [-0.1, -0.05) is 6.07 Å². The highest BCUT2D eigenvalue weighted by Crippen LogP contribution is 2.49. The Morgan fingerprint density at radius 1 is 1.11 bits per heavy atom. The number of hydrogen-bond acceptors (Lipinski definition) is 6. The molecule has 2 aromatic rings. The lowest BCUT2D eigenvalue weighted by Gasteiger charge is -2.45. The van der Waals surface area contributed by atoms with E-state index >= 15 is 0 Å². The molecule has 1 saturated heterocycles. The molecule has 0 bridgehead atoms. The van der Waals surface area contributed by atoms with Gasteiger partial charge in [0.15, 0.2) is 11.5 Å². The smallest absolute Gasteiger partial charge is 0.319 e. The van der Waals surface area contributed by atoms with Crippen LogP contribution in [0.1, 0.15) is 42.4 Å². The van der Waals surface area contributed by atoms with Gasteiger partial charge in [-0.05, 0) is 88.0 Å². The molecule has 9 nitrogen and oxygen atoms in total. The molecule has 0 spiro atoms. The zero-order chi connectivity index (χ0) is 25.3. The largest absolute Gasteiger partial charge is 0.493 e. The van der Waals surface area contributed by atoms with E-state index in [0.717, 1.165) is 49.1 Å². The molecule has 0 radical (unpaired) electrons. The first-order chi connectivity index (χ1) is 16.7. The summed E-state index contributed by atoms with van der Waals surface area (Å²) in [5.41, 5.74) is 3.02. The minimum atomic E-state index is -0.465. The number of aryl methyl sites for hydroxylation is 2. The summed E-state index contributed by atoms with van der Waals surface area (Å²) in [6, 6.07) is 9.15. The van der Waals surface area contributed by atoms with Crippen molar-refractivity contribution in [3.05, 3.63) is 57.1 Å². The van der Waals surface area contributed by atoms with Crippen LogP contribution in [0, 0.1) is 24.0 Å².